The van der Waals surface area contributed by atoms with Crippen molar-refractivity contribution in [3.8, 4) is 0 Å². The minimum atomic E-state index is -0.610. The van der Waals surface area contributed by atoms with Crippen molar-refractivity contribution in [2.45, 2.75) is 12.8 Å². The SMILES string of the molecule is C=C(CC/C(=C\C(=O)c1ccc(I)cc1)C(=O)OC)C(=O)OC. The summed E-state index contributed by atoms with van der Waals surface area (Å²) in [4.78, 5) is 35.3. The monoisotopic (exact) mass is 428 g/mol. The first-order valence-corrected chi connectivity index (χ1v) is 7.81. The summed E-state index contributed by atoms with van der Waals surface area (Å²) in [5.41, 5.74) is 0.878. The number of halogens is 1. The molecule has 0 atom stereocenters. The van der Waals surface area contributed by atoms with Crippen LogP contribution >= 0.6 is 22.6 Å². The second-order valence-electron chi connectivity index (χ2n) is 4.63. The topological polar surface area (TPSA) is 69.7 Å². The molecule has 0 saturated carbocycles. The summed E-state index contributed by atoms with van der Waals surface area (Å²) in [6.45, 7) is 3.59. The van der Waals surface area contributed by atoms with Crippen LogP contribution in [0.1, 0.15) is 23.2 Å². The second kappa shape index (κ2) is 9.24. The number of ether oxygens (including phenoxy) is 2. The summed E-state index contributed by atoms with van der Waals surface area (Å²) in [5.74, 6) is -1.45. The van der Waals surface area contributed by atoms with Gasteiger partial charge in [-0.05, 0) is 53.6 Å². The van der Waals surface area contributed by atoms with Crippen molar-refractivity contribution in [1.82, 2.24) is 0 Å². The van der Waals surface area contributed by atoms with E-state index in [1.54, 1.807) is 24.3 Å². The predicted molar refractivity (Wildman–Crippen MR) is 94.0 cm³/mol. The number of benzene rings is 1. The Kier molecular flexibility index (Phi) is 7.67. The molecule has 1 rings (SSSR count). The van der Waals surface area contributed by atoms with Gasteiger partial charge in [-0.1, -0.05) is 18.7 Å². The fraction of sp³-hybridized carbons (Fsp3) is 0.235. The molecule has 0 N–H and O–H groups in total. The summed E-state index contributed by atoms with van der Waals surface area (Å²) < 4.78 is 10.2. The van der Waals surface area contributed by atoms with E-state index in [0.29, 0.717) is 5.56 Å². The molecule has 6 heteroatoms. The molecule has 0 aliphatic rings. The molecule has 0 spiro atoms. The Balaban J connectivity index is 2.90. The molecule has 23 heavy (non-hydrogen) atoms. The van der Waals surface area contributed by atoms with Gasteiger partial charge in [0, 0.05) is 20.3 Å². The molecule has 0 fully saturated rings. The molecule has 0 amide bonds. The van der Waals surface area contributed by atoms with E-state index in [4.69, 9.17) is 0 Å². The average Bonchev–Trinajstić information content (AvgIpc) is 2.57. The number of carbonyl (C=O) groups is 3. The summed E-state index contributed by atoms with van der Waals surface area (Å²) in [6, 6.07) is 6.98. The molecule has 0 bridgehead atoms. The molecule has 0 heterocycles. The van der Waals surface area contributed by atoms with E-state index in [0.717, 1.165) is 3.57 Å². The Morgan fingerprint density at radius 2 is 1.61 bits per heavy atom. The van der Waals surface area contributed by atoms with Crippen LogP contribution in [-0.4, -0.2) is 31.9 Å². The van der Waals surface area contributed by atoms with E-state index >= 15 is 0 Å². The van der Waals surface area contributed by atoms with Gasteiger partial charge in [-0.2, -0.15) is 0 Å². The molecular weight excluding hydrogens is 411 g/mol. The minimum absolute atomic E-state index is 0.163. The van der Waals surface area contributed by atoms with Gasteiger partial charge in [-0.25, -0.2) is 9.59 Å². The third kappa shape index (κ3) is 5.97. The summed E-state index contributed by atoms with van der Waals surface area (Å²) in [5, 5.41) is 0. The van der Waals surface area contributed by atoms with Crippen molar-refractivity contribution >= 4 is 40.3 Å². The molecule has 0 saturated heterocycles. The normalized spacial score (nSPS) is 10.8. The highest BCUT2D eigenvalue weighted by Gasteiger charge is 2.15. The van der Waals surface area contributed by atoms with E-state index in [-0.39, 0.29) is 29.8 Å². The first kappa shape index (κ1) is 19.1. The summed E-state index contributed by atoms with van der Waals surface area (Å²) in [7, 11) is 2.49. The van der Waals surface area contributed by atoms with Crippen LogP contribution in [0.15, 0.2) is 48.1 Å². The molecule has 1 aromatic carbocycles. The van der Waals surface area contributed by atoms with Crippen LogP contribution in [0.5, 0.6) is 0 Å². The third-order valence-electron chi connectivity index (χ3n) is 3.05. The Hall–Kier alpha value is -1.96. The highest BCUT2D eigenvalue weighted by molar-refractivity contribution is 14.1. The predicted octanol–water partition coefficient (Wildman–Crippen LogP) is 3.08. The van der Waals surface area contributed by atoms with Crippen LogP contribution in [-0.2, 0) is 19.1 Å². The number of esters is 2. The van der Waals surface area contributed by atoms with Crippen LogP contribution in [0, 0.1) is 3.57 Å². The van der Waals surface area contributed by atoms with E-state index in [9.17, 15) is 14.4 Å². The van der Waals surface area contributed by atoms with Gasteiger partial charge in [0.25, 0.3) is 0 Å². The van der Waals surface area contributed by atoms with Crippen LogP contribution in [0.25, 0.3) is 0 Å². The van der Waals surface area contributed by atoms with Gasteiger partial charge < -0.3 is 9.47 Å². The fourth-order valence-electron chi connectivity index (χ4n) is 1.75. The number of hydrogen-bond donors (Lipinski definition) is 0. The Labute approximate surface area is 148 Å². The zero-order valence-electron chi connectivity index (χ0n) is 12.9. The van der Waals surface area contributed by atoms with Gasteiger partial charge in [0.05, 0.1) is 14.2 Å². The maximum Gasteiger partial charge on any atom is 0.333 e. The van der Waals surface area contributed by atoms with Crippen LogP contribution < -0.4 is 0 Å². The van der Waals surface area contributed by atoms with Crippen molar-refractivity contribution in [2.75, 3.05) is 14.2 Å². The standard InChI is InChI=1S/C17H17IO5/c1-11(16(20)22-2)4-5-13(17(21)23-3)10-15(19)12-6-8-14(18)9-7-12/h6-10H,1,4-5H2,2-3H3/b13-10+. The molecule has 0 aliphatic heterocycles. The minimum Gasteiger partial charge on any atom is -0.466 e. The Bertz CT molecular complexity index is 643. The number of rotatable bonds is 7. The number of allylic oxidation sites excluding steroid dienone is 1. The van der Waals surface area contributed by atoms with Crippen LogP contribution in [0.4, 0.5) is 0 Å². The Morgan fingerprint density at radius 3 is 2.13 bits per heavy atom. The third-order valence-corrected chi connectivity index (χ3v) is 3.77. The zero-order chi connectivity index (χ0) is 17.4. The van der Waals surface area contributed by atoms with Gasteiger partial charge >= 0.3 is 11.9 Å². The van der Waals surface area contributed by atoms with Crippen molar-refractivity contribution in [1.29, 1.82) is 0 Å². The maximum atomic E-state index is 12.2. The molecule has 0 unspecified atom stereocenters. The van der Waals surface area contributed by atoms with Crippen molar-refractivity contribution in [2.24, 2.45) is 0 Å². The van der Waals surface area contributed by atoms with Gasteiger partial charge in [0.1, 0.15) is 0 Å². The lowest BCUT2D eigenvalue weighted by molar-refractivity contribution is -0.137. The van der Waals surface area contributed by atoms with Gasteiger partial charge in [0.2, 0.25) is 0 Å². The highest BCUT2D eigenvalue weighted by atomic mass is 127. The lowest BCUT2D eigenvalue weighted by Crippen LogP contribution is -2.10. The zero-order valence-corrected chi connectivity index (χ0v) is 15.1. The van der Waals surface area contributed by atoms with Crippen molar-refractivity contribution in [3.05, 3.63) is 57.2 Å². The molecule has 5 nitrogen and oxygen atoms in total. The molecule has 1 aromatic rings. The first-order chi connectivity index (χ1) is 10.9. The molecule has 0 radical (unpaired) electrons. The quantitative estimate of drug-likeness (QED) is 0.289. The van der Waals surface area contributed by atoms with Gasteiger partial charge in [-0.3, -0.25) is 4.79 Å². The summed E-state index contributed by atoms with van der Waals surface area (Å²) >= 11 is 2.14. The van der Waals surface area contributed by atoms with Gasteiger partial charge in [0.15, 0.2) is 5.78 Å². The van der Waals surface area contributed by atoms with E-state index in [1.807, 2.05) is 0 Å². The first-order valence-electron chi connectivity index (χ1n) is 6.74. The van der Waals surface area contributed by atoms with Gasteiger partial charge in [-0.15, -0.1) is 0 Å². The number of methoxy groups -OCH3 is 2. The fourth-order valence-corrected chi connectivity index (χ4v) is 2.11. The number of carbonyl (C=O) groups excluding carboxylic acids is 3. The number of hydrogen-bond acceptors (Lipinski definition) is 5. The van der Waals surface area contributed by atoms with E-state index in [2.05, 4.69) is 38.6 Å². The lowest BCUT2D eigenvalue weighted by Gasteiger charge is -2.07. The largest absolute Gasteiger partial charge is 0.466 e. The molecular formula is C17H17IO5. The lowest BCUT2D eigenvalue weighted by atomic mass is 10.0. The number of ketones is 1. The highest BCUT2D eigenvalue weighted by Crippen LogP contribution is 2.15. The van der Waals surface area contributed by atoms with E-state index in [1.165, 1.54) is 20.3 Å². The average molecular weight is 428 g/mol. The Morgan fingerprint density at radius 1 is 1.04 bits per heavy atom. The van der Waals surface area contributed by atoms with Crippen molar-refractivity contribution in [3.63, 3.8) is 0 Å². The smallest absolute Gasteiger partial charge is 0.333 e. The van der Waals surface area contributed by atoms with Crippen molar-refractivity contribution < 1.29 is 23.9 Å². The molecule has 122 valence electrons. The molecule has 0 aromatic heterocycles. The van der Waals surface area contributed by atoms with E-state index < -0.39 is 11.9 Å². The second-order valence-corrected chi connectivity index (χ2v) is 5.87. The molecule has 0 aliphatic carbocycles. The maximum absolute atomic E-state index is 12.2. The summed E-state index contributed by atoms with van der Waals surface area (Å²) in [6.07, 6.45) is 1.60. The van der Waals surface area contributed by atoms with Crippen LogP contribution in [0.3, 0.4) is 0 Å². The van der Waals surface area contributed by atoms with Crippen LogP contribution in [0.2, 0.25) is 0 Å².